The molecular formula is C11H10O5. The van der Waals surface area contributed by atoms with E-state index in [9.17, 15) is 9.90 Å². The van der Waals surface area contributed by atoms with Crippen molar-refractivity contribution >= 4 is 12.0 Å². The zero-order valence-electron chi connectivity index (χ0n) is 8.25. The van der Waals surface area contributed by atoms with Crippen molar-refractivity contribution in [2.24, 2.45) is 0 Å². The topological polar surface area (TPSA) is 87.0 Å². The number of aliphatic carboxylic acids is 1. The van der Waals surface area contributed by atoms with E-state index in [2.05, 4.69) is 0 Å². The van der Waals surface area contributed by atoms with E-state index in [0.717, 1.165) is 6.08 Å². The van der Waals surface area contributed by atoms with Gasteiger partial charge in [-0.2, -0.15) is 0 Å². The second kappa shape index (κ2) is 3.62. The normalized spacial score (nSPS) is 22.4. The van der Waals surface area contributed by atoms with Crippen LogP contribution in [0.2, 0.25) is 0 Å². The van der Waals surface area contributed by atoms with Crippen molar-refractivity contribution < 1.29 is 24.9 Å². The third-order valence-electron chi connectivity index (χ3n) is 2.32. The SMILES string of the molecule is O=C(O)C1(O)C=Cc2ccc(CO)cc2O1. The van der Waals surface area contributed by atoms with Crippen LogP contribution in [0.5, 0.6) is 5.75 Å². The van der Waals surface area contributed by atoms with Crippen molar-refractivity contribution in [2.75, 3.05) is 0 Å². The molecule has 3 N–H and O–H groups in total. The Morgan fingerprint density at radius 2 is 2.19 bits per heavy atom. The van der Waals surface area contributed by atoms with Gasteiger partial charge in [-0.25, -0.2) is 4.79 Å². The van der Waals surface area contributed by atoms with Crippen LogP contribution < -0.4 is 4.74 Å². The molecule has 0 saturated heterocycles. The quantitative estimate of drug-likeness (QED) is 0.672. The molecule has 0 spiro atoms. The van der Waals surface area contributed by atoms with Crippen LogP contribution in [-0.4, -0.2) is 27.1 Å². The van der Waals surface area contributed by atoms with Gasteiger partial charge in [-0.05, 0) is 23.8 Å². The maximum Gasteiger partial charge on any atom is 0.381 e. The lowest BCUT2D eigenvalue weighted by molar-refractivity contribution is -0.180. The number of fused-ring (bicyclic) bond motifs is 1. The van der Waals surface area contributed by atoms with Crippen LogP contribution in [0.1, 0.15) is 11.1 Å². The van der Waals surface area contributed by atoms with Gasteiger partial charge in [0.15, 0.2) is 0 Å². The van der Waals surface area contributed by atoms with Crippen molar-refractivity contribution in [1.29, 1.82) is 0 Å². The Morgan fingerprint density at radius 1 is 1.44 bits per heavy atom. The molecule has 1 aliphatic heterocycles. The van der Waals surface area contributed by atoms with Crippen LogP contribution in [0.25, 0.3) is 6.08 Å². The Kier molecular flexibility index (Phi) is 2.41. The van der Waals surface area contributed by atoms with E-state index in [-0.39, 0.29) is 12.4 Å². The van der Waals surface area contributed by atoms with E-state index < -0.39 is 11.8 Å². The van der Waals surface area contributed by atoms with Gasteiger partial charge in [-0.3, -0.25) is 0 Å². The highest BCUT2D eigenvalue weighted by atomic mass is 16.6. The van der Waals surface area contributed by atoms with Crippen molar-refractivity contribution in [3.05, 3.63) is 35.4 Å². The zero-order valence-corrected chi connectivity index (χ0v) is 8.25. The van der Waals surface area contributed by atoms with Crippen LogP contribution in [0, 0.1) is 0 Å². The van der Waals surface area contributed by atoms with Crippen molar-refractivity contribution in [2.45, 2.75) is 12.4 Å². The number of carboxylic acids is 1. The molecule has 1 atom stereocenters. The van der Waals surface area contributed by atoms with Gasteiger partial charge in [0.05, 0.1) is 6.61 Å². The molecule has 1 aromatic carbocycles. The van der Waals surface area contributed by atoms with Crippen LogP contribution in [0.15, 0.2) is 24.3 Å². The third-order valence-corrected chi connectivity index (χ3v) is 2.32. The van der Waals surface area contributed by atoms with Crippen LogP contribution in [-0.2, 0) is 11.4 Å². The number of ether oxygens (including phenoxy) is 1. The summed E-state index contributed by atoms with van der Waals surface area (Å²) >= 11 is 0. The Morgan fingerprint density at radius 3 is 2.81 bits per heavy atom. The molecule has 0 fully saturated rings. The molecule has 5 nitrogen and oxygen atoms in total. The number of rotatable bonds is 2. The molecule has 0 amide bonds. The molecular weight excluding hydrogens is 212 g/mol. The molecule has 84 valence electrons. The molecule has 0 radical (unpaired) electrons. The standard InChI is InChI=1S/C11H10O5/c12-6-7-1-2-8-3-4-11(15,10(13)14)16-9(8)5-7/h1-5,12,15H,6H2,(H,13,14). The molecule has 1 heterocycles. The summed E-state index contributed by atoms with van der Waals surface area (Å²) in [5, 5.41) is 27.3. The summed E-state index contributed by atoms with van der Waals surface area (Å²) in [7, 11) is 0. The van der Waals surface area contributed by atoms with Crippen LogP contribution >= 0.6 is 0 Å². The number of aliphatic hydroxyl groups excluding tert-OH is 1. The molecule has 0 saturated carbocycles. The number of hydrogen-bond acceptors (Lipinski definition) is 4. The van der Waals surface area contributed by atoms with Crippen molar-refractivity contribution in [1.82, 2.24) is 0 Å². The van der Waals surface area contributed by atoms with Gasteiger partial charge in [0.1, 0.15) is 5.75 Å². The predicted octanol–water partition coefficient (Wildman–Crippen LogP) is 0.358. The highest BCUT2D eigenvalue weighted by molar-refractivity contribution is 5.82. The van der Waals surface area contributed by atoms with Gasteiger partial charge in [-0.1, -0.05) is 12.1 Å². The largest absolute Gasteiger partial charge is 0.476 e. The van der Waals surface area contributed by atoms with Crippen LogP contribution in [0.4, 0.5) is 0 Å². The smallest absolute Gasteiger partial charge is 0.381 e. The fraction of sp³-hybridized carbons (Fsp3) is 0.182. The van der Waals surface area contributed by atoms with E-state index in [4.69, 9.17) is 14.9 Å². The molecule has 1 unspecified atom stereocenters. The Hall–Kier alpha value is -1.85. The van der Waals surface area contributed by atoms with E-state index >= 15 is 0 Å². The fourth-order valence-electron chi connectivity index (χ4n) is 1.42. The highest BCUT2D eigenvalue weighted by Crippen LogP contribution is 2.30. The fourth-order valence-corrected chi connectivity index (χ4v) is 1.42. The van der Waals surface area contributed by atoms with Gasteiger partial charge in [0.25, 0.3) is 0 Å². The first-order chi connectivity index (χ1) is 7.55. The number of benzene rings is 1. The second-order valence-corrected chi connectivity index (χ2v) is 3.47. The van der Waals surface area contributed by atoms with Crippen molar-refractivity contribution in [3.8, 4) is 5.75 Å². The molecule has 0 bridgehead atoms. The zero-order chi connectivity index (χ0) is 11.8. The van der Waals surface area contributed by atoms with E-state index in [0.29, 0.717) is 11.1 Å². The summed E-state index contributed by atoms with van der Waals surface area (Å²) in [6, 6.07) is 4.86. The third kappa shape index (κ3) is 1.66. The molecule has 16 heavy (non-hydrogen) atoms. The van der Waals surface area contributed by atoms with E-state index in [1.807, 2.05) is 0 Å². The first-order valence-corrected chi connectivity index (χ1v) is 4.63. The van der Waals surface area contributed by atoms with E-state index in [1.54, 1.807) is 12.1 Å². The summed E-state index contributed by atoms with van der Waals surface area (Å²) in [5.74, 6) is -3.58. The highest BCUT2D eigenvalue weighted by Gasteiger charge is 2.38. The van der Waals surface area contributed by atoms with Gasteiger partial charge in [0, 0.05) is 5.56 Å². The molecule has 5 heteroatoms. The Labute approximate surface area is 91.2 Å². The number of aliphatic hydroxyl groups is 2. The number of carboxylic acid groups (broad SMARTS) is 1. The molecule has 1 aromatic rings. The summed E-state index contributed by atoms with van der Waals surface area (Å²) in [4.78, 5) is 10.8. The summed E-state index contributed by atoms with van der Waals surface area (Å²) in [6.07, 6.45) is 2.53. The molecule has 0 aliphatic carbocycles. The van der Waals surface area contributed by atoms with Gasteiger partial charge >= 0.3 is 11.8 Å². The lowest BCUT2D eigenvalue weighted by Gasteiger charge is -2.26. The lowest BCUT2D eigenvalue weighted by atomic mass is 10.1. The molecule has 0 aromatic heterocycles. The van der Waals surface area contributed by atoms with Crippen LogP contribution in [0.3, 0.4) is 0 Å². The molecule has 2 rings (SSSR count). The maximum absolute atomic E-state index is 10.8. The van der Waals surface area contributed by atoms with Gasteiger partial charge in [-0.15, -0.1) is 0 Å². The monoisotopic (exact) mass is 222 g/mol. The minimum absolute atomic E-state index is 0.175. The van der Waals surface area contributed by atoms with E-state index in [1.165, 1.54) is 12.1 Å². The summed E-state index contributed by atoms with van der Waals surface area (Å²) in [5.41, 5.74) is 1.24. The first-order valence-electron chi connectivity index (χ1n) is 4.63. The van der Waals surface area contributed by atoms with Crippen molar-refractivity contribution in [3.63, 3.8) is 0 Å². The van der Waals surface area contributed by atoms with Gasteiger partial charge < -0.3 is 20.1 Å². The Bertz CT molecular complexity index is 465. The van der Waals surface area contributed by atoms with Gasteiger partial charge in [0.2, 0.25) is 0 Å². The number of carbonyl (C=O) groups is 1. The average Bonchev–Trinajstić information content (AvgIpc) is 2.27. The lowest BCUT2D eigenvalue weighted by Crippen LogP contribution is -2.43. The summed E-state index contributed by atoms with van der Waals surface area (Å²) < 4.78 is 4.98. The number of hydrogen-bond donors (Lipinski definition) is 3. The maximum atomic E-state index is 10.8. The first kappa shape index (κ1) is 10.7. The minimum atomic E-state index is -2.33. The second-order valence-electron chi connectivity index (χ2n) is 3.47. The predicted molar refractivity (Wildman–Crippen MR) is 54.6 cm³/mol. The Balaban J connectivity index is 2.42. The molecule has 1 aliphatic rings. The average molecular weight is 222 g/mol. The minimum Gasteiger partial charge on any atom is -0.476 e. The summed E-state index contributed by atoms with van der Waals surface area (Å²) in [6.45, 7) is -0.175.